The van der Waals surface area contributed by atoms with E-state index in [1.54, 1.807) is 27.7 Å². The third-order valence-electron chi connectivity index (χ3n) is 8.22. The minimum absolute atomic E-state index is 0.0174. The molecule has 8 atom stereocenters. The number of carbonyl (C=O) groups is 4. The SMILES string of the molecule is CC(C)C(=O)SCCNC(=O)CCNC(=O)[C@H](O)C(C)(C)COP(=O)(O)OP(=O)(O)OC[C@H]1O[C@@H](n2cnc3c(N)ncnc32)[C@H](O)[C@@H]1OP(=O)(O)O.CC(C)[C@H](N)C(=O)O. The summed E-state index contributed by atoms with van der Waals surface area (Å²) < 4.78 is 61.9. The number of aromatic nitrogens is 4. The first-order valence-electron chi connectivity index (χ1n) is 18.0. The van der Waals surface area contributed by atoms with Gasteiger partial charge in [0.1, 0.15) is 42.3 Å². The number of carbonyl (C=O) groups excluding carboxylic acids is 3. The van der Waals surface area contributed by atoms with Crippen LogP contribution in [0.15, 0.2) is 12.7 Å². The van der Waals surface area contributed by atoms with E-state index in [0.29, 0.717) is 5.75 Å². The molecule has 3 rings (SSSR count). The van der Waals surface area contributed by atoms with E-state index in [0.717, 1.165) is 29.0 Å². The Morgan fingerprint density at radius 2 is 1.62 bits per heavy atom. The number of carboxylic acid groups (broad SMARTS) is 1. The van der Waals surface area contributed by atoms with Crippen molar-refractivity contribution in [1.29, 1.82) is 0 Å². The van der Waals surface area contributed by atoms with Crippen molar-refractivity contribution < 1.29 is 90.4 Å². The molecule has 27 nitrogen and oxygen atoms in total. The molecule has 61 heavy (non-hydrogen) atoms. The van der Waals surface area contributed by atoms with E-state index in [4.69, 9.17) is 30.4 Å². The van der Waals surface area contributed by atoms with Gasteiger partial charge in [-0.1, -0.05) is 53.3 Å². The molecule has 0 aromatic carbocycles. The Bertz CT molecular complexity index is 1970. The molecular weight excluding hydrogens is 901 g/mol. The molecule has 1 fully saturated rings. The number of ether oxygens (including phenoxy) is 1. The summed E-state index contributed by atoms with van der Waals surface area (Å²) in [7, 11) is -16.4. The Kier molecular flexibility index (Phi) is 20.5. The minimum Gasteiger partial charge on any atom is -0.480 e. The summed E-state index contributed by atoms with van der Waals surface area (Å²) in [4.78, 5) is 96.9. The van der Waals surface area contributed by atoms with Crippen LogP contribution in [-0.2, 0) is 55.5 Å². The van der Waals surface area contributed by atoms with Crippen LogP contribution >= 0.6 is 35.2 Å². The number of thioether (sulfide) groups is 1. The first-order valence-corrected chi connectivity index (χ1v) is 23.5. The second-order valence-electron chi connectivity index (χ2n) is 14.5. The lowest BCUT2D eigenvalue weighted by atomic mass is 9.87. The molecule has 2 aromatic heterocycles. The molecule has 2 amide bonds. The third kappa shape index (κ3) is 17.6. The Morgan fingerprint density at radius 3 is 2.18 bits per heavy atom. The summed E-state index contributed by atoms with van der Waals surface area (Å²) in [5.74, 6) is -2.13. The lowest BCUT2D eigenvalue weighted by Gasteiger charge is -2.30. The maximum Gasteiger partial charge on any atom is 0.481 e. The number of imidazole rings is 1. The van der Waals surface area contributed by atoms with Gasteiger partial charge in [-0.15, -0.1) is 0 Å². The second-order valence-corrected chi connectivity index (χ2v) is 19.8. The molecule has 0 saturated carbocycles. The Labute approximate surface area is 353 Å². The largest absolute Gasteiger partial charge is 0.481 e. The van der Waals surface area contributed by atoms with Crippen molar-refractivity contribution in [1.82, 2.24) is 30.2 Å². The number of aliphatic carboxylic acids is 1. The summed E-state index contributed by atoms with van der Waals surface area (Å²) in [5.41, 5.74) is 9.42. The Balaban J connectivity index is 0.00000145. The summed E-state index contributed by atoms with van der Waals surface area (Å²) in [6.45, 7) is 7.58. The van der Waals surface area contributed by atoms with E-state index < -0.39 is 96.6 Å². The third-order valence-corrected chi connectivity index (χ3v) is 12.5. The van der Waals surface area contributed by atoms with Crippen LogP contribution in [0.2, 0.25) is 0 Å². The van der Waals surface area contributed by atoms with Gasteiger partial charge in [-0.3, -0.25) is 37.3 Å². The fourth-order valence-electron chi connectivity index (χ4n) is 4.73. The number of phosphoric ester groups is 3. The molecule has 13 N–H and O–H groups in total. The van der Waals surface area contributed by atoms with Crippen molar-refractivity contribution in [3.05, 3.63) is 12.7 Å². The minimum atomic E-state index is -5.56. The molecule has 1 saturated heterocycles. The summed E-state index contributed by atoms with van der Waals surface area (Å²) in [6, 6.07) is -0.713. The van der Waals surface area contributed by atoms with E-state index in [1.807, 2.05) is 0 Å². The molecule has 2 aromatic rings. The van der Waals surface area contributed by atoms with Gasteiger partial charge in [-0.25, -0.2) is 28.6 Å². The maximum absolute atomic E-state index is 12.6. The van der Waals surface area contributed by atoms with E-state index in [2.05, 4.69) is 34.4 Å². The highest BCUT2D eigenvalue weighted by Gasteiger charge is 2.50. The normalized spacial score (nSPS) is 21.2. The number of nitrogens with one attached hydrogen (secondary N) is 2. The van der Waals surface area contributed by atoms with E-state index >= 15 is 0 Å². The zero-order chi connectivity index (χ0) is 46.7. The van der Waals surface area contributed by atoms with Gasteiger partial charge >= 0.3 is 29.4 Å². The fourth-order valence-corrected chi connectivity index (χ4v) is 8.30. The number of nitrogen functional groups attached to an aromatic ring is 1. The average Bonchev–Trinajstić information content (AvgIpc) is 3.71. The second kappa shape index (κ2) is 23.1. The zero-order valence-electron chi connectivity index (χ0n) is 33.7. The van der Waals surface area contributed by atoms with Crippen LogP contribution in [0.3, 0.4) is 0 Å². The van der Waals surface area contributed by atoms with Crippen LogP contribution in [-0.4, -0.2) is 140 Å². The van der Waals surface area contributed by atoms with Crippen LogP contribution in [0.1, 0.15) is 54.2 Å². The van der Waals surface area contributed by atoms with Gasteiger partial charge in [0.05, 0.1) is 19.5 Å². The molecule has 31 heteroatoms. The molecule has 348 valence electrons. The number of anilines is 1. The van der Waals surface area contributed by atoms with Crippen molar-refractivity contribution in [2.75, 3.05) is 37.8 Å². The number of fused-ring (bicyclic) bond motifs is 1. The number of hydrogen-bond acceptors (Lipinski definition) is 20. The monoisotopic (exact) mass is 954 g/mol. The lowest BCUT2D eigenvalue weighted by molar-refractivity contribution is -0.139. The summed E-state index contributed by atoms with van der Waals surface area (Å²) in [6.07, 6.45) is -6.89. The Hall–Kier alpha value is -3.01. The number of nitrogens with zero attached hydrogens (tertiary/aromatic N) is 4. The topological polar surface area (TPSA) is 427 Å². The highest BCUT2D eigenvalue weighted by Crippen LogP contribution is 2.61. The highest BCUT2D eigenvalue weighted by atomic mass is 32.2. The first kappa shape index (κ1) is 54.1. The van der Waals surface area contributed by atoms with Crippen molar-refractivity contribution >= 4 is 75.1 Å². The van der Waals surface area contributed by atoms with Crippen molar-refractivity contribution in [3.63, 3.8) is 0 Å². The smallest absolute Gasteiger partial charge is 0.480 e. The predicted octanol–water partition coefficient (Wildman–Crippen LogP) is -0.625. The van der Waals surface area contributed by atoms with Gasteiger partial charge in [0, 0.05) is 36.6 Å². The molecule has 0 bridgehead atoms. The number of aliphatic hydroxyl groups is 2. The zero-order valence-corrected chi connectivity index (χ0v) is 37.2. The van der Waals surface area contributed by atoms with Gasteiger partial charge in [-0.05, 0) is 5.92 Å². The van der Waals surface area contributed by atoms with Crippen molar-refractivity contribution in [2.45, 2.75) is 84.6 Å². The van der Waals surface area contributed by atoms with Gasteiger partial charge in [-0.2, -0.15) is 4.31 Å². The molecular formula is C30H53N8O19P3S. The molecule has 0 spiro atoms. The number of nitrogens with two attached hydrogens (primary N) is 2. The van der Waals surface area contributed by atoms with Crippen LogP contribution in [0, 0.1) is 17.3 Å². The van der Waals surface area contributed by atoms with Crippen molar-refractivity contribution in [3.8, 4) is 0 Å². The average molecular weight is 955 g/mol. The fraction of sp³-hybridized carbons (Fsp3) is 0.700. The number of aliphatic hydroxyl groups excluding tert-OH is 2. The summed E-state index contributed by atoms with van der Waals surface area (Å²) in [5, 5.41) is 34.5. The number of phosphoric acid groups is 3. The van der Waals surface area contributed by atoms with Crippen molar-refractivity contribution in [2.24, 2.45) is 23.0 Å². The van der Waals surface area contributed by atoms with E-state index in [-0.39, 0.29) is 53.4 Å². The molecule has 0 radical (unpaired) electrons. The Morgan fingerprint density at radius 1 is 1.00 bits per heavy atom. The first-order chi connectivity index (χ1) is 28.0. The van der Waals surface area contributed by atoms with Crippen LogP contribution in [0.4, 0.5) is 5.82 Å². The number of amides is 2. The van der Waals surface area contributed by atoms with Gasteiger partial charge in [0.25, 0.3) is 0 Å². The van der Waals surface area contributed by atoms with E-state index in [1.165, 1.54) is 13.8 Å². The molecule has 1 aliphatic heterocycles. The number of carboxylic acids is 1. The molecule has 2 unspecified atom stereocenters. The van der Waals surface area contributed by atoms with Crippen LogP contribution < -0.4 is 22.1 Å². The number of rotatable bonds is 22. The number of hydrogen-bond donors (Lipinski definition) is 11. The standard InChI is InChI=1S/C25H42N7O17P3S.C5H11NO2/c1-13(2)24(37)53-8-7-27-15(33)5-6-28-22(36)19(35)25(3,4)10-46-52(43,44)49-51(41,42)45-9-14-18(48-50(38,39)40)17(34)23(47-14)32-12-31-16-20(26)29-11-30-21(16)32;1-3(2)4(6)5(7)8/h11-14,17-19,23,34-35H,5-10H2,1-4H3,(H,27,33)(H,28,36)(H,41,42)(H,43,44)(H2,26,29,30)(H2,38,39,40);3-4H,6H2,1-2H3,(H,7,8)/t14-,17-,18-,19+,23-;4-/m10/s1. The lowest BCUT2D eigenvalue weighted by Crippen LogP contribution is -2.46. The predicted molar refractivity (Wildman–Crippen MR) is 212 cm³/mol. The van der Waals surface area contributed by atoms with E-state index in [9.17, 15) is 62.7 Å². The van der Waals surface area contributed by atoms with Gasteiger partial charge in [0.15, 0.2) is 22.8 Å². The van der Waals surface area contributed by atoms with Crippen LogP contribution in [0.5, 0.6) is 0 Å². The molecule has 1 aliphatic rings. The highest BCUT2D eigenvalue weighted by molar-refractivity contribution is 8.13. The maximum atomic E-state index is 12.6. The quantitative estimate of drug-likeness (QED) is 0.0517. The van der Waals surface area contributed by atoms with Gasteiger partial charge < -0.3 is 61.7 Å². The van der Waals surface area contributed by atoms with Gasteiger partial charge in [0.2, 0.25) is 11.8 Å². The van der Waals surface area contributed by atoms with Crippen LogP contribution in [0.25, 0.3) is 11.2 Å². The summed E-state index contributed by atoms with van der Waals surface area (Å²) >= 11 is 1.08. The molecule has 3 heterocycles. The molecule has 0 aliphatic carbocycles.